The summed E-state index contributed by atoms with van der Waals surface area (Å²) >= 11 is 0. The van der Waals surface area contributed by atoms with E-state index in [2.05, 4.69) is 10.3 Å². The van der Waals surface area contributed by atoms with Gasteiger partial charge in [-0.15, -0.1) is 0 Å². The van der Waals surface area contributed by atoms with Gasteiger partial charge in [-0.1, -0.05) is 12.1 Å². The van der Waals surface area contributed by atoms with E-state index in [1.54, 1.807) is 31.3 Å². The molecule has 2 aromatic rings. The molecular formula is C16H17N3O3. The summed E-state index contributed by atoms with van der Waals surface area (Å²) in [4.78, 5) is 26.7. The van der Waals surface area contributed by atoms with Gasteiger partial charge in [0, 0.05) is 18.9 Å². The molecule has 0 bridgehead atoms. The predicted octanol–water partition coefficient (Wildman–Crippen LogP) is 1.97. The molecule has 6 heteroatoms. The molecule has 0 saturated heterocycles. The predicted molar refractivity (Wildman–Crippen MR) is 82.5 cm³/mol. The lowest BCUT2D eigenvalue weighted by atomic mass is 10.1. The van der Waals surface area contributed by atoms with Crippen molar-refractivity contribution in [3.63, 3.8) is 0 Å². The van der Waals surface area contributed by atoms with E-state index in [1.807, 2.05) is 12.1 Å². The first kappa shape index (κ1) is 15.5. The van der Waals surface area contributed by atoms with Crippen LogP contribution in [0.1, 0.15) is 33.2 Å². The maximum absolute atomic E-state index is 11.6. The number of anilines is 1. The second-order valence-corrected chi connectivity index (χ2v) is 4.56. The third kappa shape index (κ3) is 3.82. The molecule has 1 heterocycles. The SMILES string of the molecule is CCOC(=O)c1ccc(CNc2ccncc2C(N)=O)cc1. The number of hydrogen-bond acceptors (Lipinski definition) is 5. The number of aromatic nitrogens is 1. The first-order valence-corrected chi connectivity index (χ1v) is 6.85. The van der Waals surface area contributed by atoms with Crippen LogP contribution in [0, 0.1) is 0 Å². The van der Waals surface area contributed by atoms with Gasteiger partial charge in [0.05, 0.1) is 23.4 Å². The number of rotatable bonds is 6. The summed E-state index contributed by atoms with van der Waals surface area (Å²) in [5, 5.41) is 3.13. The second kappa shape index (κ2) is 7.21. The Balaban J connectivity index is 2.03. The van der Waals surface area contributed by atoms with Gasteiger partial charge in [0.25, 0.3) is 5.91 Å². The fourth-order valence-corrected chi connectivity index (χ4v) is 1.92. The van der Waals surface area contributed by atoms with Crippen LogP contribution in [0.2, 0.25) is 0 Å². The van der Waals surface area contributed by atoms with E-state index in [-0.39, 0.29) is 5.97 Å². The lowest BCUT2D eigenvalue weighted by Crippen LogP contribution is -2.14. The summed E-state index contributed by atoms with van der Waals surface area (Å²) < 4.78 is 4.93. The van der Waals surface area contributed by atoms with E-state index in [0.717, 1.165) is 5.56 Å². The molecule has 3 N–H and O–H groups in total. The normalized spacial score (nSPS) is 10.0. The summed E-state index contributed by atoms with van der Waals surface area (Å²) in [7, 11) is 0. The molecule has 0 spiro atoms. The minimum atomic E-state index is -0.534. The number of primary amides is 1. The number of carbonyl (C=O) groups is 2. The van der Waals surface area contributed by atoms with E-state index in [0.29, 0.717) is 30.0 Å². The third-order valence-electron chi connectivity index (χ3n) is 3.03. The zero-order chi connectivity index (χ0) is 15.9. The average molecular weight is 299 g/mol. The summed E-state index contributed by atoms with van der Waals surface area (Å²) in [6.45, 7) is 2.61. The molecule has 0 fully saturated rings. The molecule has 2 rings (SSSR count). The lowest BCUT2D eigenvalue weighted by molar-refractivity contribution is 0.0526. The van der Waals surface area contributed by atoms with E-state index in [9.17, 15) is 9.59 Å². The van der Waals surface area contributed by atoms with Crippen LogP contribution in [0.15, 0.2) is 42.7 Å². The van der Waals surface area contributed by atoms with Crippen molar-refractivity contribution in [3.8, 4) is 0 Å². The van der Waals surface area contributed by atoms with E-state index in [4.69, 9.17) is 10.5 Å². The van der Waals surface area contributed by atoms with E-state index in [1.165, 1.54) is 6.20 Å². The van der Waals surface area contributed by atoms with Gasteiger partial charge in [-0.2, -0.15) is 0 Å². The fraction of sp³-hybridized carbons (Fsp3) is 0.188. The topological polar surface area (TPSA) is 94.3 Å². The van der Waals surface area contributed by atoms with Crippen molar-refractivity contribution in [1.82, 2.24) is 4.98 Å². The monoisotopic (exact) mass is 299 g/mol. The number of amides is 1. The summed E-state index contributed by atoms with van der Waals surface area (Å²) in [5.74, 6) is -0.875. The molecule has 1 amide bonds. The highest BCUT2D eigenvalue weighted by molar-refractivity contribution is 5.98. The number of nitrogens with one attached hydrogen (secondary N) is 1. The quantitative estimate of drug-likeness (QED) is 0.795. The standard InChI is InChI=1S/C16H17N3O3/c1-2-22-16(21)12-5-3-11(4-6-12)9-19-14-7-8-18-10-13(14)15(17)20/h3-8,10H,2,9H2,1H3,(H2,17,20)(H,18,19). The Morgan fingerprint density at radius 1 is 1.23 bits per heavy atom. The molecule has 0 saturated carbocycles. The van der Waals surface area contributed by atoms with Crippen LogP contribution in [0.25, 0.3) is 0 Å². The Morgan fingerprint density at radius 3 is 2.59 bits per heavy atom. The van der Waals surface area contributed by atoms with E-state index >= 15 is 0 Å². The molecule has 1 aromatic carbocycles. The summed E-state index contributed by atoms with van der Waals surface area (Å²) in [6.07, 6.45) is 3.01. The molecule has 0 aliphatic carbocycles. The smallest absolute Gasteiger partial charge is 0.338 e. The molecule has 22 heavy (non-hydrogen) atoms. The van der Waals surface area contributed by atoms with Crippen molar-refractivity contribution >= 4 is 17.6 Å². The Labute approximate surface area is 128 Å². The molecule has 0 aliphatic rings. The van der Waals surface area contributed by atoms with Gasteiger partial charge >= 0.3 is 5.97 Å². The molecule has 1 aromatic heterocycles. The van der Waals surface area contributed by atoms with Gasteiger partial charge in [-0.05, 0) is 30.7 Å². The van der Waals surface area contributed by atoms with Crippen molar-refractivity contribution in [2.75, 3.05) is 11.9 Å². The average Bonchev–Trinajstić information content (AvgIpc) is 2.54. The van der Waals surface area contributed by atoms with Crippen molar-refractivity contribution in [1.29, 1.82) is 0 Å². The lowest BCUT2D eigenvalue weighted by Gasteiger charge is -2.10. The van der Waals surface area contributed by atoms with Gasteiger partial charge in [-0.25, -0.2) is 4.79 Å². The third-order valence-corrected chi connectivity index (χ3v) is 3.03. The highest BCUT2D eigenvalue weighted by Crippen LogP contribution is 2.14. The number of hydrogen-bond donors (Lipinski definition) is 2. The Hall–Kier alpha value is -2.89. The molecule has 6 nitrogen and oxygen atoms in total. The number of benzene rings is 1. The number of ether oxygens (including phenoxy) is 1. The Kier molecular flexibility index (Phi) is 5.08. The largest absolute Gasteiger partial charge is 0.462 e. The van der Waals surface area contributed by atoms with Crippen molar-refractivity contribution < 1.29 is 14.3 Å². The maximum Gasteiger partial charge on any atom is 0.338 e. The van der Waals surface area contributed by atoms with Crippen LogP contribution in [0.4, 0.5) is 5.69 Å². The zero-order valence-corrected chi connectivity index (χ0v) is 12.2. The highest BCUT2D eigenvalue weighted by atomic mass is 16.5. The van der Waals surface area contributed by atoms with Crippen LogP contribution in [0.5, 0.6) is 0 Å². The number of nitrogens with zero attached hydrogens (tertiary/aromatic N) is 1. The summed E-state index contributed by atoms with van der Waals surface area (Å²) in [5.41, 5.74) is 7.72. The van der Waals surface area contributed by atoms with Gasteiger partial charge in [0.2, 0.25) is 0 Å². The Bertz CT molecular complexity index is 669. The molecule has 0 unspecified atom stereocenters. The van der Waals surface area contributed by atoms with Gasteiger partial charge in [-0.3, -0.25) is 9.78 Å². The maximum atomic E-state index is 11.6. The van der Waals surface area contributed by atoms with Gasteiger partial charge in [0.15, 0.2) is 0 Å². The number of nitrogens with two attached hydrogens (primary N) is 1. The molecule has 0 aliphatic heterocycles. The van der Waals surface area contributed by atoms with Gasteiger partial charge in [0.1, 0.15) is 0 Å². The molecule has 0 radical (unpaired) electrons. The molecule has 114 valence electrons. The minimum absolute atomic E-state index is 0.339. The van der Waals surface area contributed by atoms with Crippen LogP contribution in [-0.2, 0) is 11.3 Å². The highest BCUT2D eigenvalue weighted by Gasteiger charge is 2.08. The van der Waals surface area contributed by atoms with Crippen LogP contribution in [0.3, 0.4) is 0 Å². The zero-order valence-electron chi connectivity index (χ0n) is 12.2. The van der Waals surface area contributed by atoms with Crippen molar-refractivity contribution in [2.45, 2.75) is 13.5 Å². The van der Waals surface area contributed by atoms with Crippen molar-refractivity contribution in [2.24, 2.45) is 5.73 Å². The number of esters is 1. The first-order valence-electron chi connectivity index (χ1n) is 6.85. The summed E-state index contributed by atoms with van der Waals surface area (Å²) in [6, 6.07) is 8.74. The van der Waals surface area contributed by atoms with E-state index < -0.39 is 5.91 Å². The molecule has 0 atom stereocenters. The Morgan fingerprint density at radius 2 is 1.95 bits per heavy atom. The number of carbonyl (C=O) groups excluding carboxylic acids is 2. The number of pyridine rings is 1. The van der Waals surface area contributed by atoms with Crippen LogP contribution in [-0.4, -0.2) is 23.5 Å². The van der Waals surface area contributed by atoms with Crippen molar-refractivity contribution in [3.05, 3.63) is 59.4 Å². The van der Waals surface area contributed by atoms with Gasteiger partial charge < -0.3 is 15.8 Å². The molecular weight excluding hydrogens is 282 g/mol. The van der Waals surface area contributed by atoms with Crippen LogP contribution < -0.4 is 11.1 Å². The minimum Gasteiger partial charge on any atom is -0.462 e. The first-order chi connectivity index (χ1) is 10.6. The van der Waals surface area contributed by atoms with Crippen LogP contribution >= 0.6 is 0 Å². The second-order valence-electron chi connectivity index (χ2n) is 4.56. The fourth-order valence-electron chi connectivity index (χ4n) is 1.92.